The van der Waals surface area contributed by atoms with Crippen LogP contribution in [0.15, 0.2) is 30.3 Å². The van der Waals surface area contributed by atoms with Gasteiger partial charge in [-0.1, -0.05) is 32.0 Å². The molecule has 1 saturated carbocycles. The van der Waals surface area contributed by atoms with Gasteiger partial charge in [0.05, 0.1) is 0 Å². The van der Waals surface area contributed by atoms with Crippen LogP contribution in [-0.4, -0.2) is 12.1 Å². The number of rotatable bonds is 2. The van der Waals surface area contributed by atoms with Crippen molar-refractivity contribution in [1.29, 1.82) is 0 Å². The van der Waals surface area contributed by atoms with E-state index < -0.39 is 0 Å². The first-order chi connectivity index (χ1) is 6.60. The first-order valence-corrected chi connectivity index (χ1v) is 5.08. The van der Waals surface area contributed by atoms with Crippen LogP contribution in [0.5, 0.6) is 5.75 Å². The van der Waals surface area contributed by atoms with E-state index in [4.69, 9.17) is 10.5 Å². The van der Waals surface area contributed by atoms with Crippen LogP contribution in [-0.2, 0) is 0 Å². The molecule has 1 fully saturated rings. The van der Waals surface area contributed by atoms with Crippen molar-refractivity contribution in [2.75, 3.05) is 0 Å². The number of nitrogens with two attached hydrogens (primary N) is 1. The topological polar surface area (TPSA) is 35.2 Å². The van der Waals surface area contributed by atoms with E-state index in [1.807, 2.05) is 30.3 Å². The standard InChI is InChI=1S/C12H17NO.ClH/c1-12(2)10(13)8-11(12)14-9-6-4-3-5-7-9;/h3-7,10-11H,8,13H2,1-2H3;1H. The molecule has 1 aliphatic rings. The van der Waals surface area contributed by atoms with Gasteiger partial charge in [0, 0.05) is 17.9 Å². The molecule has 2 N–H and O–H groups in total. The van der Waals surface area contributed by atoms with Crippen molar-refractivity contribution in [2.45, 2.75) is 32.4 Å². The summed E-state index contributed by atoms with van der Waals surface area (Å²) in [5.74, 6) is 0.942. The Morgan fingerprint density at radius 2 is 1.87 bits per heavy atom. The average molecular weight is 228 g/mol. The van der Waals surface area contributed by atoms with E-state index in [1.165, 1.54) is 0 Å². The predicted octanol–water partition coefficient (Wildman–Crippen LogP) is 2.61. The summed E-state index contributed by atoms with van der Waals surface area (Å²) in [6.45, 7) is 4.32. The number of benzene rings is 1. The van der Waals surface area contributed by atoms with Gasteiger partial charge in [0.1, 0.15) is 11.9 Å². The summed E-state index contributed by atoms with van der Waals surface area (Å²) in [6.07, 6.45) is 1.22. The maximum atomic E-state index is 5.92. The van der Waals surface area contributed by atoms with Gasteiger partial charge in [-0.25, -0.2) is 0 Å². The molecule has 0 spiro atoms. The molecule has 0 aromatic heterocycles. The van der Waals surface area contributed by atoms with Crippen LogP contribution < -0.4 is 10.5 Å². The van der Waals surface area contributed by atoms with E-state index in [9.17, 15) is 0 Å². The molecule has 1 aliphatic carbocycles. The zero-order valence-electron chi connectivity index (χ0n) is 9.14. The van der Waals surface area contributed by atoms with E-state index in [-0.39, 0.29) is 30.0 Å². The molecule has 2 unspecified atom stereocenters. The second kappa shape index (κ2) is 4.42. The van der Waals surface area contributed by atoms with E-state index in [1.54, 1.807) is 0 Å². The lowest BCUT2D eigenvalue weighted by molar-refractivity contribution is -0.0399. The maximum absolute atomic E-state index is 5.92. The van der Waals surface area contributed by atoms with Crippen LogP contribution in [0.1, 0.15) is 20.3 Å². The van der Waals surface area contributed by atoms with Gasteiger partial charge in [-0.3, -0.25) is 0 Å². The van der Waals surface area contributed by atoms with Crippen molar-refractivity contribution in [1.82, 2.24) is 0 Å². The Labute approximate surface area is 97.2 Å². The van der Waals surface area contributed by atoms with Gasteiger partial charge in [0.2, 0.25) is 0 Å². The Hall–Kier alpha value is -0.730. The Morgan fingerprint density at radius 3 is 2.33 bits per heavy atom. The van der Waals surface area contributed by atoms with E-state index in [0.29, 0.717) is 0 Å². The Kier molecular flexibility index (Phi) is 3.63. The van der Waals surface area contributed by atoms with Crippen molar-refractivity contribution in [3.63, 3.8) is 0 Å². The molecular formula is C12H18ClNO. The lowest BCUT2D eigenvalue weighted by atomic mass is 9.65. The minimum Gasteiger partial charge on any atom is -0.490 e. The van der Waals surface area contributed by atoms with Gasteiger partial charge in [-0.15, -0.1) is 12.4 Å². The van der Waals surface area contributed by atoms with E-state index >= 15 is 0 Å². The van der Waals surface area contributed by atoms with Crippen LogP contribution >= 0.6 is 12.4 Å². The Balaban J connectivity index is 0.00000112. The summed E-state index contributed by atoms with van der Waals surface area (Å²) in [7, 11) is 0. The van der Waals surface area contributed by atoms with Crippen molar-refractivity contribution < 1.29 is 4.74 Å². The molecule has 2 nitrogen and oxygen atoms in total. The molecular weight excluding hydrogens is 210 g/mol. The molecule has 0 radical (unpaired) electrons. The predicted molar refractivity (Wildman–Crippen MR) is 64.5 cm³/mol. The third-order valence-corrected chi connectivity index (χ3v) is 3.28. The van der Waals surface area contributed by atoms with Crippen LogP contribution in [0.2, 0.25) is 0 Å². The fourth-order valence-electron chi connectivity index (χ4n) is 1.78. The van der Waals surface area contributed by atoms with Crippen LogP contribution in [0.25, 0.3) is 0 Å². The molecule has 0 saturated heterocycles. The van der Waals surface area contributed by atoms with E-state index in [0.717, 1.165) is 12.2 Å². The van der Waals surface area contributed by atoms with Crippen LogP contribution in [0.4, 0.5) is 0 Å². The van der Waals surface area contributed by atoms with Crippen molar-refractivity contribution in [3.8, 4) is 5.75 Å². The van der Waals surface area contributed by atoms with Crippen molar-refractivity contribution >= 4 is 12.4 Å². The molecule has 0 amide bonds. The third kappa shape index (κ3) is 2.27. The molecule has 15 heavy (non-hydrogen) atoms. The Morgan fingerprint density at radius 1 is 1.27 bits per heavy atom. The molecule has 1 aromatic rings. The normalized spacial score (nSPS) is 27.4. The molecule has 0 bridgehead atoms. The lowest BCUT2D eigenvalue weighted by Gasteiger charge is -2.49. The molecule has 2 rings (SSSR count). The largest absolute Gasteiger partial charge is 0.490 e. The summed E-state index contributed by atoms with van der Waals surface area (Å²) in [5, 5.41) is 0. The highest BCUT2D eigenvalue weighted by molar-refractivity contribution is 5.85. The van der Waals surface area contributed by atoms with Gasteiger partial charge in [-0.2, -0.15) is 0 Å². The minimum atomic E-state index is 0. The SMILES string of the molecule is CC1(C)C(N)CC1Oc1ccccc1.Cl. The van der Waals surface area contributed by atoms with E-state index in [2.05, 4.69) is 13.8 Å². The molecule has 84 valence electrons. The van der Waals surface area contributed by atoms with Gasteiger partial charge in [0.15, 0.2) is 0 Å². The summed E-state index contributed by atoms with van der Waals surface area (Å²) in [6, 6.07) is 10.2. The quantitative estimate of drug-likeness (QED) is 0.843. The van der Waals surface area contributed by atoms with Gasteiger partial charge in [-0.05, 0) is 12.1 Å². The van der Waals surface area contributed by atoms with Gasteiger partial charge < -0.3 is 10.5 Å². The minimum absolute atomic E-state index is 0. The molecule has 0 aliphatic heterocycles. The third-order valence-electron chi connectivity index (χ3n) is 3.28. The summed E-state index contributed by atoms with van der Waals surface area (Å²) < 4.78 is 5.86. The summed E-state index contributed by atoms with van der Waals surface area (Å²) in [4.78, 5) is 0. The average Bonchev–Trinajstić information content (AvgIpc) is 2.19. The second-order valence-corrected chi connectivity index (χ2v) is 4.58. The van der Waals surface area contributed by atoms with Crippen molar-refractivity contribution in [2.24, 2.45) is 11.1 Å². The number of hydrogen-bond donors (Lipinski definition) is 1. The zero-order chi connectivity index (χ0) is 10.2. The highest BCUT2D eigenvalue weighted by atomic mass is 35.5. The highest BCUT2D eigenvalue weighted by Gasteiger charge is 2.47. The van der Waals surface area contributed by atoms with Crippen LogP contribution in [0.3, 0.4) is 0 Å². The molecule has 1 aromatic carbocycles. The monoisotopic (exact) mass is 227 g/mol. The fraction of sp³-hybridized carbons (Fsp3) is 0.500. The summed E-state index contributed by atoms with van der Waals surface area (Å²) >= 11 is 0. The number of ether oxygens (including phenoxy) is 1. The van der Waals surface area contributed by atoms with Crippen LogP contribution in [0, 0.1) is 5.41 Å². The highest BCUT2D eigenvalue weighted by Crippen LogP contribution is 2.41. The number of halogens is 1. The molecule has 2 atom stereocenters. The first kappa shape index (κ1) is 12.3. The first-order valence-electron chi connectivity index (χ1n) is 5.08. The number of para-hydroxylation sites is 1. The fourth-order valence-corrected chi connectivity index (χ4v) is 1.78. The molecule has 3 heteroatoms. The maximum Gasteiger partial charge on any atom is 0.119 e. The number of hydrogen-bond acceptors (Lipinski definition) is 2. The Bertz CT molecular complexity index is 313. The van der Waals surface area contributed by atoms with Crippen molar-refractivity contribution in [3.05, 3.63) is 30.3 Å². The van der Waals surface area contributed by atoms with Gasteiger partial charge >= 0.3 is 0 Å². The smallest absolute Gasteiger partial charge is 0.119 e. The lowest BCUT2D eigenvalue weighted by Crippen LogP contribution is -2.60. The summed E-state index contributed by atoms with van der Waals surface area (Å²) in [5.41, 5.74) is 6.03. The van der Waals surface area contributed by atoms with Gasteiger partial charge in [0.25, 0.3) is 0 Å². The zero-order valence-corrected chi connectivity index (χ0v) is 9.96. The second-order valence-electron chi connectivity index (χ2n) is 4.58. The molecule has 0 heterocycles.